The monoisotopic (exact) mass is 309 g/mol. The zero-order valence-electron chi connectivity index (χ0n) is 8.56. The van der Waals surface area contributed by atoms with E-state index in [4.69, 9.17) is 23.2 Å². The van der Waals surface area contributed by atoms with Gasteiger partial charge in [0.05, 0.1) is 10.0 Å². The summed E-state index contributed by atoms with van der Waals surface area (Å²) < 4.78 is 0. The lowest BCUT2D eigenvalue weighted by atomic mass is 10.2. The average molecular weight is 311 g/mol. The van der Waals surface area contributed by atoms with Crippen LogP contribution in [0.3, 0.4) is 0 Å². The van der Waals surface area contributed by atoms with Crippen molar-refractivity contribution >= 4 is 39.1 Å². The highest BCUT2D eigenvalue weighted by Crippen LogP contribution is 2.25. The lowest BCUT2D eigenvalue weighted by Gasteiger charge is -2.13. The summed E-state index contributed by atoms with van der Waals surface area (Å²) in [4.78, 5) is 0. The van der Waals surface area contributed by atoms with Crippen molar-refractivity contribution in [3.05, 3.63) is 33.8 Å². The van der Waals surface area contributed by atoms with Gasteiger partial charge in [-0.3, -0.25) is 0 Å². The van der Waals surface area contributed by atoms with Crippen molar-refractivity contribution in [3.8, 4) is 0 Å². The maximum atomic E-state index is 6.07. The second-order valence-corrected chi connectivity index (χ2v) is 5.05. The van der Waals surface area contributed by atoms with Crippen molar-refractivity contribution in [2.75, 3.05) is 5.33 Å². The zero-order chi connectivity index (χ0) is 11.3. The maximum absolute atomic E-state index is 6.07. The minimum absolute atomic E-state index is 0.472. The van der Waals surface area contributed by atoms with E-state index in [0.717, 1.165) is 23.9 Å². The molecule has 0 aliphatic rings. The fourth-order valence-corrected chi connectivity index (χ4v) is 2.31. The quantitative estimate of drug-likeness (QED) is 0.801. The Morgan fingerprint density at radius 2 is 2.13 bits per heavy atom. The number of hydrogen-bond donors (Lipinski definition) is 1. The molecule has 0 spiro atoms. The van der Waals surface area contributed by atoms with E-state index in [1.165, 1.54) is 0 Å². The zero-order valence-corrected chi connectivity index (χ0v) is 11.7. The first-order chi connectivity index (χ1) is 7.15. The fourth-order valence-electron chi connectivity index (χ4n) is 1.23. The molecule has 1 unspecified atom stereocenters. The molecule has 84 valence electrons. The first kappa shape index (κ1) is 13.3. The number of benzene rings is 1. The molecule has 1 nitrogen and oxygen atoms in total. The van der Waals surface area contributed by atoms with E-state index in [1.54, 1.807) is 6.07 Å². The Hall–Kier alpha value is 0.240. The fraction of sp³-hybridized carbons (Fsp3) is 0.455. The summed E-state index contributed by atoms with van der Waals surface area (Å²) in [5.74, 6) is 0. The van der Waals surface area contributed by atoms with Gasteiger partial charge in [-0.15, -0.1) is 0 Å². The molecule has 0 aliphatic heterocycles. The Labute approximate surface area is 109 Å². The van der Waals surface area contributed by atoms with Crippen LogP contribution in [0.2, 0.25) is 10.0 Å². The van der Waals surface area contributed by atoms with Gasteiger partial charge < -0.3 is 5.32 Å². The van der Waals surface area contributed by atoms with Crippen LogP contribution in [0.15, 0.2) is 18.2 Å². The first-order valence-electron chi connectivity index (χ1n) is 4.87. The van der Waals surface area contributed by atoms with Crippen LogP contribution in [0.5, 0.6) is 0 Å². The van der Waals surface area contributed by atoms with Crippen LogP contribution < -0.4 is 5.32 Å². The van der Waals surface area contributed by atoms with Crippen LogP contribution in [-0.4, -0.2) is 11.4 Å². The van der Waals surface area contributed by atoms with Gasteiger partial charge in [0.2, 0.25) is 0 Å². The van der Waals surface area contributed by atoms with Crippen LogP contribution >= 0.6 is 39.1 Å². The topological polar surface area (TPSA) is 12.0 Å². The highest BCUT2D eigenvalue weighted by molar-refractivity contribution is 9.09. The predicted molar refractivity (Wildman–Crippen MR) is 71.2 cm³/mol. The van der Waals surface area contributed by atoms with Gasteiger partial charge >= 0.3 is 0 Å². The molecule has 0 fully saturated rings. The Morgan fingerprint density at radius 3 is 2.80 bits per heavy atom. The number of rotatable bonds is 5. The molecular formula is C11H14BrCl2N. The van der Waals surface area contributed by atoms with Gasteiger partial charge in [-0.05, 0) is 25.0 Å². The molecule has 1 aromatic rings. The largest absolute Gasteiger partial charge is 0.310 e. The van der Waals surface area contributed by atoms with E-state index >= 15 is 0 Å². The SMILES string of the molecule is CC(CCBr)NCc1cccc(Cl)c1Cl. The number of hydrogen-bond acceptors (Lipinski definition) is 1. The summed E-state index contributed by atoms with van der Waals surface area (Å²) in [6, 6.07) is 6.18. The number of halogens is 3. The van der Waals surface area contributed by atoms with Gasteiger partial charge in [0.25, 0.3) is 0 Å². The highest BCUT2D eigenvalue weighted by atomic mass is 79.9. The summed E-state index contributed by atoms with van der Waals surface area (Å²) in [6.07, 6.45) is 1.10. The maximum Gasteiger partial charge on any atom is 0.0637 e. The van der Waals surface area contributed by atoms with Gasteiger partial charge in [0.15, 0.2) is 0 Å². The Balaban J connectivity index is 2.54. The summed E-state index contributed by atoms with van der Waals surface area (Å²) in [5.41, 5.74) is 1.05. The first-order valence-corrected chi connectivity index (χ1v) is 6.75. The molecule has 1 aromatic carbocycles. The van der Waals surface area contributed by atoms with E-state index in [9.17, 15) is 0 Å². The van der Waals surface area contributed by atoms with E-state index in [2.05, 4.69) is 28.2 Å². The molecule has 0 aliphatic carbocycles. The van der Waals surface area contributed by atoms with Crippen LogP contribution in [0.1, 0.15) is 18.9 Å². The Kier molecular flexibility index (Phi) is 5.98. The minimum Gasteiger partial charge on any atom is -0.310 e. The van der Waals surface area contributed by atoms with E-state index < -0.39 is 0 Å². The van der Waals surface area contributed by atoms with Gasteiger partial charge in [-0.25, -0.2) is 0 Å². The van der Waals surface area contributed by atoms with Crippen molar-refractivity contribution in [2.45, 2.75) is 25.9 Å². The Bertz CT molecular complexity index is 317. The summed E-state index contributed by atoms with van der Waals surface area (Å²) in [5, 5.41) is 5.66. The summed E-state index contributed by atoms with van der Waals surface area (Å²) in [6.45, 7) is 2.91. The lowest BCUT2D eigenvalue weighted by molar-refractivity contribution is 0.538. The third-order valence-electron chi connectivity index (χ3n) is 2.21. The van der Waals surface area contributed by atoms with Gasteiger partial charge in [-0.2, -0.15) is 0 Å². The molecular weight excluding hydrogens is 297 g/mol. The average Bonchev–Trinajstić information content (AvgIpc) is 2.21. The molecule has 1 rings (SSSR count). The molecule has 1 N–H and O–H groups in total. The molecule has 0 bridgehead atoms. The second-order valence-electron chi connectivity index (χ2n) is 3.47. The summed E-state index contributed by atoms with van der Waals surface area (Å²) in [7, 11) is 0. The lowest BCUT2D eigenvalue weighted by Crippen LogP contribution is -2.25. The van der Waals surface area contributed by atoms with Crippen LogP contribution in [-0.2, 0) is 6.54 Å². The van der Waals surface area contributed by atoms with E-state index in [1.807, 2.05) is 12.1 Å². The minimum atomic E-state index is 0.472. The molecule has 0 amide bonds. The molecule has 0 radical (unpaired) electrons. The third kappa shape index (κ3) is 4.31. The van der Waals surface area contributed by atoms with Crippen molar-refractivity contribution in [1.29, 1.82) is 0 Å². The second kappa shape index (κ2) is 6.74. The van der Waals surface area contributed by atoms with Crippen LogP contribution in [0, 0.1) is 0 Å². The summed E-state index contributed by atoms with van der Waals surface area (Å²) >= 11 is 15.4. The van der Waals surface area contributed by atoms with Gasteiger partial charge in [-0.1, -0.05) is 51.3 Å². The molecule has 1 atom stereocenters. The van der Waals surface area contributed by atoms with Gasteiger partial charge in [0.1, 0.15) is 0 Å². The van der Waals surface area contributed by atoms with E-state index in [0.29, 0.717) is 16.1 Å². The van der Waals surface area contributed by atoms with Crippen molar-refractivity contribution < 1.29 is 0 Å². The van der Waals surface area contributed by atoms with Crippen molar-refractivity contribution in [3.63, 3.8) is 0 Å². The number of nitrogens with one attached hydrogen (secondary N) is 1. The third-order valence-corrected chi connectivity index (χ3v) is 3.53. The van der Waals surface area contributed by atoms with Crippen LogP contribution in [0.4, 0.5) is 0 Å². The standard InChI is InChI=1S/C11H14BrCl2N/c1-8(5-6-12)15-7-9-3-2-4-10(13)11(9)14/h2-4,8,15H,5-7H2,1H3. The molecule has 4 heteroatoms. The number of alkyl halides is 1. The molecule has 0 saturated heterocycles. The molecule has 0 saturated carbocycles. The van der Waals surface area contributed by atoms with Crippen molar-refractivity contribution in [1.82, 2.24) is 5.32 Å². The predicted octanol–water partition coefficient (Wildman–Crippen LogP) is 4.26. The molecule has 0 heterocycles. The van der Waals surface area contributed by atoms with Crippen molar-refractivity contribution in [2.24, 2.45) is 0 Å². The molecule has 0 aromatic heterocycles. The smallest absolute Gasteiger partial charge is 0.0637 e. The van der Waals surface area contributed by atoms with Crippen LogP contribution in [0.25, 0.3) is 0 Å². The molecule has 15 heavy (non-hydrogen) atoms. The van der Waals surface area contributed by atoms with Gasteiger partial charge in [0, 0.05) is 17.9 Å². The Morgan fingerprint density at radius 1 is 1.40 bits per heavy atom. The highest BCUT2D eigenvalue weighted by Gasteiger charge is 2.05. The normalized spacial score (nSPS) is 12.8. The van der Waals surface area contributed by atoms with E-state index in [-0.39, 0.29) is 0 Å².